The van der Waals surface area contributed by atoms with E-state index in [1.54, 1.807) is 0 Å². The standard InChI is InChI=1S/C9H14Cl2N4OS/c10-1-3-15(4-2-11)5-6-7(12)13-9(17)14-8(6)16/h1-5H2,(H4,12,13,14,16,17). The first kappa shape index (κ1) is 14.5. The summed E-state index contributed by atoms with van der Waals surface area (Å²) in [6, 6.07) is 0. The summed E-state index contributed by atoms with van der Waals surface area (Å²) < 4.78 is 0.220. The monoisotopic (exact) mass is 296 g/mol. The molecule has 0 amide bonds. The number of aromatic nitrogens is 2. The predicted molar refractivity (Wildman–Crippen MR) is 73.4 cm³/mol. The number of hydrogen-bond acceptors (Lipinski definition) is 4. The second kappa shape index (κ2) is 7.00. The molecular weight excluding hydrogens is 283 g/mol. The molecule has 0 saturated heterocycles. The lowest BCUT2D eigenvalue weighted by Crippen LogP contribution is -2.31. The Labute approximate surface area is 114 Å². The molecule has 0 aliphatic rings. The fraction of sp³-hybridized carbons (Fsp3) is 0.556. The van der Waals surface area contributed by atoms with Crippen LogP contribution in [-0.2, 0) is 6.54 Å². The second-order valence-corrected chi connectivity index (χ2v) is 4.62. The zero-order valence-corrected chi connectivity index (χ0v) is 11.5. The smallest absolute Gasteiger partial charge is 0.258 e. The number of nitrogens with one attached hydrogen (secondary N) is 2. The van der Waals surface area contributed by atoms with Crippen LogP contribution in [0.4, 0.5) is 5.82 Å². The van der Waals surface area contributed by atoms with E-state index in [0.29, 0.717) is 37.0 Å². The van der Waals surface area contributed by atoms with Crippen molar-refractivity contribution in [1.82, 2.24) is 14.9 Å². The van der Waals surface area contributed by atoms with Crippen molar-refractivity contribution >= 4 is 41.2 Å². The number of halogens is 2. The maximum Gasteiger partial charge on any atom is 0.258 e. The minimum absolute atomic E-state index is 0.220. The van der Waals surface area contributed by atoms with Crippen molar-refractivity contribution < 1.29 is 0 Å². The van der Waals surface area contributed by atoms with Gasteiger partial charge in [0.25, 0.3) is 5.56 Å². The zero-order chi connectivity index (χ0) is 12.8. The van der Waals surface area contributed by atoms with Crippen LogP contribution in [0.15, 0.2) is 4.79 Å². The van der Waals surface area contributed by atoms with E-state index in [4.69, 9.17) is 41.2 Å². The third-order valence-corrected chi connectivity index (χ3v) is 2.80. The van der Waals surface area contributed by atoms with Crippen LogP contribution in [-0.4, -0.2) is 39.7 Å². The highest BCUT2D eigenvalue weighted by atomic mass is 35.5. The van der Waals surface area contributed by atoms with Gasteiger partial charge in [-0.1, -0.05) is 0 Å². The molecule has 4 N–H and O–H groups in total. The van der Waals surface area contributed by atoms with Gasteiger partial charge in [0.05, 0.1) is 5.56 Å². The Kier molecular flexibility index (Phi) is 5.97. The van der Waals surface area contributed by atoms with Crippen LogP contribution in [0, 0.1) is 4.77 Å². The van der Waals surface area contributed by atoms with Crippen molar-refractivity contribution in [2.24, 2.45) is 0 Å². The Balaban J connectivity index is 2.92. The van der Waals surface area contributed by atoms with E-state index in [1.807, 2.05) is 4.90 Å². The topological polar surface area (TPSA) is 77.9 Å². The van der Waals surface area contributed by atoms with Gasteiger partial charge < -0.3 is 10.7 Å². The average molecular weight is 297 g/mol. The summed E-state index contributed by atoms with van der Waals surface area (Å²) in [7, 11) is 0. The van der Waals surface area contributed by atoms with Crippen molar-refractivity contribution in [3.63, 3.8) is 0 Å². The molecule has 1 aromatic heterocycles. The molecule has 1 aromatic rings. The van der Waals surface area contributed by atoms with Gasteiger partial charge in [0, 0.05) is 31.4 Å². The van der Waals surface area contributed by atoms with Crippen LogP contribution >= 0.6 is 35.4 Å². The van der Waals surface area contributed by atoms with Crippen molar-refractivity contribution in [3.05, 3.63) is 20.7 Å². The second-order valence-electron chi connectivity index (χ2n) is 3.45. The van der Waals surface area contributed by atoms with E-state index in [9.17, 15) is 4.79 Å². The van der Waals surface area contributed by atoms with E-state index >= 15 is 0 Å². The van der Waals surface area contributed by atoms with E-state index in [0.717, 1.165) is 0 Å². The van der Waals surface area contributed by atoms with Crippen molar-refractivity contribution in [2.75, 3.05) is 30.6 Å². The lowest BCUT2D eigenvalue weighted by Gasteiger charge is -2.20. The molecule has 0 aliphatic carbocycles. The number of nitrogens with zero attached hydrogens (tertiary/aromatic N) is 1. The lowest BCUT2D eigenvalue weighted by atomic mass is 10.2. The highest BCUT2D eigenvalue weighted by Crippen LogP contribution is 2.06. The molecular formula is C9H14Cl2N4OS. The molecule has 0 aliphatic heterocycles. The Bertz CT molecular complexity index is 467. The quantitative estimate of drug-likeness (QED) is 0.546. The van der Waals surface area contributed by atoms with Crippen molar-refractivity contribution in [1.29, 1.82) is 0 Å². The Morgan fingerprint density at radius 1 is 1.24 bits per heavy atom. The van der Waals surface area contributed by atoms with Gasteiger partial charge >= 0.3 is 0 Å². The zero-order valence-electron chi connectivity index (χ0n) is 9.13. The van der Waals surface area contributed by atoms with Gasteiger partial charge in [-0.15, -0.1) is 23.2 Å². The normalized spacial score (nSPS) is 11.0. The first-order valence-corrected chi connectivity index (χ1v) is 6.51. The molecule has 0 fully saturated rings. The maximum absolute atomic E-state index is 11.7. The number of nitrogen functional groups attached to an aromatic ring is 1. The van der Waals surface area contributed by atoms with Crippen LogP contribution in [0.5, 0.6) is 0 Å². The highest BCUT2D eigenvalue weighted by Gasteiger charge is 2.11. The number of nitrogens with two attached hydrogens (primary N) is 1. The number of hydrogen-bond donors (Lipinski definition) is 3. The van der Waals surface area contributed by atoms with Crippen molar-refractivity contribution in [2.45, 2.75) is 6.54 Å². The minimum Gasteiger partial charge on any atom is -0.385 e. The van der Waals surface area contributed by atoms with Gasteiger partial charge in [0.1, 0.15) is 5.82 Å². The number of aromatic amines is 2. The molecule has 1 heterocycles. The summed E-state index contributed by atoms with van der Waals surface area (Å²) in [4.78, 5) is 18.9. The first-order chi connectivity index (χ1) is 8.08. The molecule has 0 bridgehead atoms. The summed E-state index contributed by atoms with van der Waals surface area (Å²) in [5.74, 6) is 1.22. The Morgan fingerprint density at radius 3 is 2.29 bits per heavy atom. The number of alkyl halides is 2. The SMILES string of the molecule is Nc1[nH]c(=S)[nH]c(=O)c1CN(CCCl)CCCl. The molecule has 0 aromatic carbocycles. The molecule has 17 heavy (non-hydrogen) atoms. The molecule has 96 valence electrons. The van der Waals surface area contributed by atoms with Crippen LogP contribution in [0.25, 0.3) is 0 Å². The van der Waals surface area contributed by atoms with Gasteiger partial charge in [-0.05, 0) is 12.2 Å². The van der Waals surface area contributed by atoms with Crippen LogP contribution < -0.4 is 11.3 Å². The van der Waals surface area contributed by atoms with Gasteiger partial charge in [0.2, 0.25) is 0 Å². The lowest BCUT2D eigenvalue weighted by molar-refractivity contribution is 0.298. The number of anilines is 1. The van der Waals surface area contributed by atoms with Gasteiger partial charge in [-0.2, -0.15) is 0 Å². The van der Waals surface area contributed by atoms with E-state index in [2.05, 4.69) is 9.97 Å². The molecule has 0 unspecified atom stereocenters. The fourth-order valence-electron chi connectivity index (χ4n) is 1.42. The molecule has 0 spiro atoms. The Hall–Kier alpha value is -0.560. The van der Waals surface area contributed by atoms with Gasteiger partial charge in [-0.25, -0.2) is 0 Å². The third kappa shape index (κ3) is 4.31. The minimum atomic E-state index is -0.277. The molecule has 0 radical (unpaired) electrons. The summed E-state index contributed by atoms with van der Waals surface area (Å²) in [5, 5.41) is 0. The van der Waals surface area contributed by atoms with Crippen molar-refractivity contribution in [3.8, 4) is 0 Å². The summed E-state index contributed by atoms with van der Waals surface area (Å²) in [5.41, 5.74) is 5.90. The van der Waals surface area contributed by atoms with Crippen LogP contribution in [0.1, 0.15) is 5.56 Å². The molecule has 1 rings (SSSR count). The number of H-pyrrole nitrogens is 2. The summed E-state index contributed by atoms with van der Waals surface area (Å²) in [6.45, 7) is 1.68. The Morgan fingerprint density at radius 2 is 1.82 bits per heavy atom. The molecule has 8 heteroatoms. The third-order valence-electron chi connectivity index (χ3n) is 2.26. The van der Waals surface area contributed by atoms with Crippen LogP contribution in [0.2, 0.25) is 0 Å². The largest absolute Gasteiger partial charge is 0.385 e. The summed E-state index contributed by atoms with van der Waals surface area (Å²) >= 11 is 16.2. The van der Waals surface area contributed by atoms with E-state index < -0.39 is 0 Å². The first-order valence-electron chi connectivity index (χ1n) is 5.03. The van der Waals surface area contributed by atoms with E-state index in [-0.39, 0.29) is 16.1 Å². The fourth-order valence-corrected chi connectivity index (χ4v) is 2.10. The summed E-state index contributed by atoms with van der Waals surface area (Å²) in [6.07, 6.45) is 0. The average Bonchev–Trinajstić information content (AvgIpc) is 2.23. The maximum atomic E-state index is 11.7. The molecule has 5 nitrogen and oxygen atoms in total. The highest BCUT2D eigenvalue weighted by molar-refractivity contribution is 7.71. The predicted octanol–water partition coefficient (Wildman–Crippen LogP) is 1.29. The number of rotatable bonds is 6. The van der Waals surface area contributed by atoms with Gasteiger partial charge in [0.15, 0.2) is 4.77 Å². The van der Waals surface area contributed by atoms with Crippen LogP contribution in [0.3, 0.4) is 0 Å². The van der Waals surface area contributed by atoms with E-state index in [1.165, 1.54) is 0 Å². The van der Waals surface area contributed by atoms with Gasteiger partial charge in [-0.3, -0.25) is 14.7 Å². The molecule has 0 saturated carbocycles. The molecule has 0 atom stereocenters.